The van der Waals surface area contributed by atoms with Gasteiger partial charge in [-0.25, -0.2) is 9.78 Å². The summed E-state index contributed by atoms with van der Waals surface area (Å²) in [6, 6.07) is 15.0. The number of carboxylic acids is 1. The van der Waals surface area contributed by atoms with Crippen LogP contribution in [0, 0.1) is 5.41 Å². The Hall–Kier alpha value is -3.35. The predicted molar refractivity (Wildman–Crippen MR) is 138 cm³/mol. The Morgan fingerprint density at radius 3 is 2.56 bits per heavy atom. The van der Waals surface area contributed by atoms with Crippen LogP contribution in [0.2, 0.25) is 0 Å². The second-order valence-corrected chi connectivity index (χ2v) is 10.7. The normalized spacial score (nSPS) is 22.8. The van der Waals surface area contributed by atoms with E-state index in [1.807, 2.05) is 13.0 Å². The minimum Gasteiger partial charge on any atom is -0.481 e. The van der Waals surface area contributed by atoms with Crippen molar-refractivity contribution in [2.24, 2.45) is 5.41 Å². The van der Waals surface area contributed by atoms with E-state index < -0.39 is 11.4 Å². The van der Waals surface area contributed by atoms with Crippen LogP contribution in [0.5, 0.6) is 0 Å². The van der Waals surface area contributed by atoms with Crippen LogP contribution in [-0.2, 0) is 28.9 Å². The molecule has 2 aliphatic rings. The molecule has 2 aromatic carbocycles. The van der Waals surface area contributed by atoms with Crippen LogP contribution in [0.1, 0.15) is 74.0 Å². The number of benzene rings is 2. The van der Waals surface area contributed by atoms with Crippen LogP contribution in [0.3, 0.4) is 0 Å². The molecule has 3 aromatic rings. The van der Waals surface area contributed by atoms with Crippen LogP contribution in [0.25, 0.3) is 11.0 Å². The largest absolute Gasteiger partial charge is 0.481 e. The molecule has 1 aliphatic carbocycles. The summed E-state index contributed by atoms with van der Waals surface area (Å²) in [5, 5.41) is 9.73. The standard InChI is InChI=1S/C29H35N3O4/c1-19(17-20-7-5-4-6-8-20)32-24-10-9-21-13-16-31(28(35)36-3)18-23(21)25(24)30-26(32)22-11-14-29(2,15-12-22)27(33)34/h4-10,19,22H,11-18H2,1-3H3,(H,33,34)/t19-,22?,29?/m1/s1. The Kier molecular flexibility index (Phi) is 6.49. The van der Waals surface area contributed by atoms with E-state index in [1.54, 1.807) is 4.90 Å². The number of hydrogen-bond donors (Lipinski definition) is 1. The van der Waals surface area contributed by atoms with Gasteiger partial charge in [-0.05, 0) is 69.6 Å². The predicted octanol–water partition coefficient (Wildman–Crippen LogP) is 5.71. The maximum Gasteiger partial charge on any atom is 0.409 e. The van der Waals surface area contributed by atoms with Gasteiger partial charge in [0.25, 0.3) is 0 Å². The summed E-state index contributed by atoms with van der Waals surface area (Å²) < 4.78 is 7.38. The maximum absolute atomic E-state index is 12.3. The molecule has 0 radical (unpaired) electrons. The molecule has 1 aromatic heterocycles. The molecule has 5 rings (SSSR count). The molecule has 190 valence electrons. The molecule has 0 spiro atoms. The van der Waals surface area contributed by atoms with Gasteiger partial charge < -0.3 is 19.3 Å². The first kappa shape index (κ1) is 24.3. The minimum atomic E-state index is -0.705. The third kappa shape index (κ3) is 4.36. The number of carboxylic acid groups (broad SMARTS) is 1. The Morgan fingerprint density at radius 2 is 1.89 bits per heavy atom. The van der Waals surface area contributed by atoms with Crippen molar-refractivity contribution in [2.45, 2.75) is 70.9 Å². The van der Waals surface area contributed by atoms with Gasteiger partial charge in [0.1, 0.15) is 5.82 Å². The lowest BCUT2D eigenvalue weighted by Crippen LogP contribution is -2.35. The fourth-order valence-corrected chi connectivity index (χ4v) is 6.02. The Morgan fingerprint density at radius 1 is 1.17 bits per heavy atom. The Labute approximate surface area is 212 Å². The molecule has 1 aliphatic heterocycles. The zero-order valence-electron chi connectivity index (χ0n) is 21.4. The number of imidazole rings is 1. The first-order valence-electron chi connectivity index (χ1n) is 12.9. The summed E-state index contributed by atoms with van der Waals surface area (Å²) in [4.78, 5) is 31.1. The molecular formula is C29H35N3O4. The number of aromatic nitrogens is 2. The van der Waals surface area contributed by atoms with Crippen LogP contribution in [0.15, 0.2) is 42.5 Å². The molecule has 7 heteroatoms. The molecule has 0 unspecified atom stereocenters. The van der Waals surface area contributed by atoms with E-state index in [2.05, 4.69) is 47.9 Å². The van der Waals surface area contributed by atoms with Crippen LogP contribution in [0.4, 0.5) is 4.79 Å². The summed E-state index contributed by atoms with van der Waals surface area (Å²) >= 11 is 0. The molecule has 1 fully saturated rings. The summed E-state index contributed by atoms with van der Waals surface area (Å²) in [5.74, 6) is 0.548. The zero-order chi connectivity index (χ0) is 25.4. The highest BCUT2D eigenvalue weighted by atomic mass is 16.5. The number of methoxy groups -OCH3 is 1. The van der Waals surface area contributed by atoms with E-state index >= 15 is 0 Å². The van der Waals surface area contributed by atoms with E-state index in [9.17, 15) is 14.7 Å². The third-order valence-electron chi connectivity index (χ3n) is 8.31. The number of rotatable bonds is 5. The van der Waals surface area contributed by atoms with Gasteiger partial charge in [-0.15, -0.1) is 0 Å². The van der Waals surface area contributed by atoms with Gasteiger partial charge in [0.05, 0.1) is 30.1 Å². The number of nitrogens with zero attached hydrogens (tertiary/aromatic N) is 3. The third-order valence-corrected chi connectivity index (χ3v) is 8.31. The second kappa shape index (κ2) is 9.60. The quantitative estimate of drug-likeness (QED) is 0.496. The van der Waals surface area contributed by atoms with Crippen molar-refractivity contribution in [3.8, 4) is 0 Å². The van der Waals surface area contributed by atoms with Gasteiger partial charge in [-0.3, -0.25) is 4.79 Å². The maximum atomic E-state index is 12.3. The highest BCUT2D eigenvalue weighted by Crippen LogP contribution is 2.44. The summed E-state index contributed by atoms with van der Waals surface area (Å²) in [7, 11) is 1.42. The average Bonchev–Trinajstić information content (AvgIpc) is 3.29. The molecule has 0 saturated heterocycles. The topological polar surface area (TPSA) is 84.7 Å². The molecule has 2 heterocycles. The molecule has 1 N–H and O–H groups in total. The molecule has 1 saturated carbocycles. The highest BCUT2D eigenvalue weighted by molar-refractivity contribution is 5.82. The monoisotopic (exact) mass is 489 g/mol. The Balaban J connectivity index is 1.57. The van der Waals surface area contributed by atoms with Gasteiger partial charge in [0.2, 0.25) is 0 Å². The van der Waals surface area contributed by atoms with Gasteiger partial charge >= 0.3 is 12.1 Å². The fourth-order valence-electron chi connectivity index (χ4n) is 6.02. The number of fused-ring (bicyclic) bond motifs is 3. The molecule has 36 heavy (non-hydrogen) atoms. The first-order chi connectivity index (χ1) is 17.3. The van der Waals surface area contributed by atoms with Crippen molar-refractivity contribution < 1.29 is 19.4 Å². The SMILES string of the molecule is COC(=O)N1CCc2ccc3c(nc(C4CCC(C)(C(=O)O)CC4)n3[C@H](C)Cc3ccccc3)c2C1. The number of hydrogen-bond acceptors (Lipinski definition) is 4. The molecule has 1 atom stereocenters. The van der Waals surface area contributed by atoms with E-state index in [0.29, 0.717) is 25.9 Å². The van der Waals surface area contributed by atoms with Crippen molar-refractivity contribution in [1.29, 1.82) is 0 Å². The van der Waals surface area contributed by atoms with Crippen molar-refractivity contribution >= 4 is 23.1 Å². The van der Waals surface area contributed by atoms with Crippen LogP contribution in [-0.4, -0.2) is 45.3 Å². The van der Waals surface area contributed by atoms with Crippen molar-refractivity contribution in [2.75, 3.05) is 13.7 Å². The lowest BCUT2D eigenvalue weighted by molar-refractivity contribution is -0.150. The summed E-state index contributed by atoms with van der Waals surface area (Å²) in [5.41, 5.74) is 4.99. The van der Waals surface area contributed by atoms with Gasteiger partial charge in [-0.2, -0.15) is 0 Å². The van der Waals surface area contributed by atoms with Crippen molar-refractivity contribution in [3.63, 3.8) is 0 Å². The van der Waals surface area contributed by atoms with Crippen molar-refractivity contribution in [3.05, 3.63) is 65.0 Å². The molecule has 0 bridgehead atoms. The summed E-state index contributed by atoms with van der Waals surface area (Å²) in [6.07, 6.45) is 4.26. The van der Waals surface area contributed by atoms with Gasteiger partial charge in [0.15, 0.2) is 0 Å². The first-order valence-corrected chi connectivity index (χ1v) is 12.9. The molecule has 7 nitrogen and oxygen atoms in total. The number of ether oxygens (including phenoxy) is 1. The lowest BCUT2D eigenvalue weighted by Gasteiger charge is -2.34. The van der Waals surface area contributed by atoms with E-state index in [4.69, 9.17) is 9.72 Å². The number of carbonyl (C=O) groups is 2. The molecular weight excluding hydrogens is 454 g/mol. The second-order valence-electron chi connectivity index (χ2n) is 10.7. The number of amides is 1. The van der Waals surface area contributed by atoms with Gasteiger partial charge in [-0.1, -0.05) is 36.4 Å². The highest BCUT2D eigenvalue weighted by Gasteiger charge is 2.39. The van der Waals surface area contributed by atoms with Gasteiger partial charge in [0, 0.05) is 24.1 Å². The smallest absolute Gasteiger partial charge is 0.409 e. The average molecular weight is 490 g/mol. The van der Waals surface area contributed by atoms with E-state index in [0.717, 1.165) is 48.1 Å². The number of carbonyl (C=O) groups excluding carboxylic acids is 1. The zero-order valence-corrected chi connectivity index (χ0v) is 21.4. The van der Waals surface area contributed by atoms with Crippen LogP contribution >= 0.6 is 0 Å². The van der Waals surface area contributed by atoms with E-state index in [1.165, 1.54) is 18.2 Å². The Bertz CT molecular complexity index is 1270. The van der Waals surface area contributed by atoms with Crippen molar-refractivity contribution in [1.82, 2.24) is 14.5 Å². The lowest BCUT2D eigenvalue weighted by atomic mass is 9.71. The fraction of sp³-hybridized carbons (Fsp3) is 0.483. The van der Waals surface area contributed by atoms with E-state index in [-0.39, 0.29) is 18.1 Å². The molecule has 1 amide bonds. The summed E-state index contributed by atoms with van der Waals surface area (Å²) in [6.45, 7) is 5.23. The minimum absolute atomic E-state index is 0.179. The number of aliphatic carboxylic acids is 1. The van der Waals surface area contributed by atoms with Crippen LogP contribution < -0.4 is 0 Å².